The largest absolute Gasteiger partial charge is 0.491 e. The molecule has 0 aliphatic carbocycles. The first-order chi connectivity index (χ1) is 10.6. The van der Waals surface area contributed by atoms with E-state index < -0.39 is 0 Å². The molecule has 0 saturated heterocycles. The summed E-state index contributed by atoms with van der Waals surface area (Å²) >= 11 is 0. The van der Waals surface area contributed by atoms with E-state index in [0.29, 0.717) is 42.3 Å². The summed E-state index contributed by atoms with van der Waals surface area (Å²) < 4.78 is 10.7. The monoisotopic (exact) mass is 300 g/mol. The second-order valence-electron chi connectivity index (χ2n) is 5.00. The van der Waals surface area contributed by atoms with E-state index in [1.807, 2.05) is 0 Å². The Morgan fingerprint density at radius 3 is 3.00 bits per heavy atom. The number of fused-ring (bicyclic) bond motifs is 1. The zero-order valence-corrected chi connectivity index (χ0v) is 12.2. The molecule has 0 atom stereocenters. The highest BCUT2D eigenvalue weighted by Crippen LogP contribution is 2.31. The molecule has 1 aliphatic rings. The molecule has 6 nitrogen and oxygen atoms in total. The molecule has 1 aromatic carbocycles. The Bertz CT molecular complexity index is 694. The van der Waals surface area contributed by atoms with Crippen LogP contribution in [0.4, 0.5) is 5.69 Å². The predicted octanol–water partition coefficient (Wildman–Crippen LogP) is 1.95. The van der Waals surface area contributed by atoms with E-state index >= 15 is 0 Å². The quantitative estimate of drug-likeness (QED) is 0.940. The molecule has 0 fully saturated rings. The third-order valence-electron chi connectivity index (χ3n) is 3.53. The lowest BCUT2D eigenvalue weighted by Gasteiger charge is -2.17. The van der Waals surface area contributed by atoms with Gasteiger partial charge in [-0.2, -0.15) is 0 Å². The number of carbonyl (C=O) groups is 2. The van der Waals surface area contributed by atoms with Gasteiger partial charge in [-0.25, -0.2) is 0 Å². The van der Waals surface area contributed by atoms with Gasteiger partial charge in [-0.15, -0.1) is 0 Å². The zero-order valence-electron chi connectivity index (χ0n) is 12.2. The van der Waals surface area contributed by atoms with Gasteiger partial charge < -0.3 is 19.4 Å². The topological polar surface area (TPSA) is 71.8 Å². The summed E-state index contributed by atoms with van der Waals surface area (Å²) in [5.74, 6) is 1.02. The number of nitrogens with one attached hydrogen (secondary N) is 1. The van der Waals surface area contributed by atoms with Gasteiger partial charge in [0.2, 0.25) is 5.91 Å². The van der Waals surface area contributed by atoms with Gasteiger partial charge in [-0.3, -0.25) is 9.59 Å². The molecule has 0 saturated carbocycles. The van der Waals surface area contributed by atoms with Gasteiger partial charge in [0.1, 0.15) is 11.5 Å². The molecule has 2 amide bonds. The Morgan fingerprint density at radius 2 is 2.23 bits per heavy atom. The van der Waals surface area contributed by atoms with Gasteiger partial charge in [0.15, 0.2) is 0 Å². The zero-order chi connectivity index (χ0) is 15.5. The number of benzene rings is 1. The normalized spacial score (nSPS) is 14.0. The van der Waals surface area contributed by atoms with E-state index in [1.165, 1.54) is 4.90 Å². The molecule has 1 aliphatic heterocycles. The Balaban J connectivity index is 1.78. The summed E-state index contributed by atoms with van der Waals surface area (Å²) in [6, 6.07) is 8.61. The van der Waals surface area contributed by atoms with Crippen molar-refractivity contribution in [3.05, 3.63) is 47.9 Å². The van der Waals surface area contributed by atoms with Crippen LogP contribution in [0.1, 0.15) is 22.5 Å². The van der Waals surface area contributed by atoms with Crippen molar-refractivity contribution in [1.82, 2.24) is 5.32 Å². The average Bonchev–Trinajstić information content (AvgIpc) is 3.00. The fourth-order valence-corrected chi connectivity index (χ4v) is 2.28. The van der Waals surface area contributed by atoms with Crippen molar-refractivity contribution in [1.29, 1.82) is 0 Å². The van der Waals surface area contributed by atoms with Crippen molar-refractivity contribution >= 4 is 17.5 Å². The second kappa shape index (κ2) is 5.93. The highest BCUT2D eigenvalue weighted by atomic mass is 16.5. The summed E-state index contributed by atoms with van der Waals surface area (Å²) in [7, 11) is 1.68. The summed E-state index contributed by atoms with van der Waals surface area (Å²) in [5, 5.41) is 2.77. The SMILES string of the molecule is CN1C(=O)CCOc2ccc(C(=O)NCc3ccco3)cc21. The van der Waals surface area contributed by atoms with E-state index in [9.17, 15) is 9.59 Å². The summed E-state index contributed by atoms with van der Waals surface area (Å²) in [6.07, 6.45) is 1.88. The molecule has 1 aromatic heterocycles. The summed E-state index contributed by atoms with van der Waals surface area (Å²) in [6.45, 7) is 0.661. The number of ether oxygens (including phenoxy) is 1. The molecule has 114 valence electrons. The van der Waals surface area contributed by atoms with E-state index in [-0.39, 0.29) is 11.8 Å². The Morgan fingerprint density at radius 1 is 1.36 bits per heavy atom. The minimum Gasteiger partial charge on any atom is -0.491 e. The van der Waals surface area contributed by atoms with Crippen LogP contribution >= 0.6 is 0 Å². The number of furan rings is 1. The minimum atomic E-state index is -0.232. The number of carbonyl (C=O) groups excluding carboxylic acids is 2. The molecular weight excluding hydrogens is 284 g/mol. The maximum absolute atomic E-state index is 12.2. The fourth-order valence-electron chi connectivity index (χ4n) is 2.28. The number of hydrogen-bond donors (Lipinski definition) is 1. The maximum atomic E-state index is 12.2. The Hall–Kier alpha value is -2.76. The molecule has 0 unspecified atom stereocenters. The molecule has 6 heteroatoms. The molecule has 0 radical (unpaired) electrons. The number of amides is 2. The van der Waals surface area contributed by atoms with Crippen LogP contribution in [-0.2, 0) is 11.3 Å². The van der Waals surface area contributed by atoms with Crippen molar-refractivity contribution in [2.75, 3.05) is 18.6 Å². The standard InChI is InChI=1S/C16H16N2O4/c1-18-13-9-11(4-5-14(13)22-8-6-15(18)19)16(20)17-10-12-3-2-7-21-12/h2-5,7,9H,6,8,10H2,1H3,(H,17,20). The van der Waals surface area contributed by atoms with Crippen LogP contribution in [0.15, 0.2) is 41.0 Å². The van der Waals surface area contributed by atoms with Crippen LogP contribution in [0, 0.1) is 0 Å². The van der Waals surface area contributed by atoms with E-state index in [2.05, 4.69) is 5.32 Å². The van der Waals surface area contributed by atoms with Gasteiger partial charge in [0, 0.05) is 12.6 Å². The number of rotatable bonds is 3. The molecular formula is C16H16N2O4. The van der Waals surface area contributed by atoms with E-state index in [4.69, 9.17) is 9.15 Å². The highest BCUT2D eigenvalue weighted by molar-refractivity contribution is 5.99. The van der Waals surface area contributed by atoms with Gasteiger partial charge in [-0.1, -0.05) is 0 Å². The van der Waals surface area contributed by atoms with Crippen molar-refractivity contribution in [2.24, 2.45) is 0 Å². The van der Waals surface area contributed by atoms with Crippen LogP contribution in [0.3, 0.4) is 0 Å². The minimum absolute atomic E-state index is 0.0353. The van der Waals surface area contributed by atoms with Gasteiger partial charge in [0.25, 0.3) is 5.91 Å². The molecule has 0 bridgehead atoms. The lowest BCUT2D eigenvalue weighted by atomic mass is 10.1. The van der Waals surface area contributed by atoms with Crippen LogP contribution in [-0.4, -0.2) is 25.5 Å². The van der Waals surface area contributed by atoms with Crippen molar-refractivity contribution in [2.45, 2.75) is 13.0 Å². The van der Waals surface area contributed by atoms with Crippen LogP contribution < -0.4 is 15.0 Å². The first-order valence-electron chi connectivity index (χ1n) is 6.99. The predicted molar refractivity (Wildman–Crippen MR) is 79.8 cm³/mol. The molecule has 2 aromatic rings. The third-order valence-corrected chi connectivity index (χ3v) is 3.53. The van der Waals surface area contributed by atoms with E-state index in [0.717, 1.165) is 0 Å². The molecule has 1 N–H and O–H groups in total. The number of anilines is 1. The molecule has 0 spiro atoms. The second-order valence-corrected chi connectivity index (χ2v) is 5.00. The Kier molecular flexibility index (Phi) is 3.82. The molecule has 2 heterocycles. The molecule has 3 rings (SSSR count). The first kappa shape index (κ1) is 14.2. The molecule has 22 heavy (non-hydrogen) atoms. The van der Waals surface area contributed by atoms with Crippen LogP contribution in [0.25, 0.3) is 0 Å². The van der Waals surface area contributed by atoms with Gasteiger partial charge >= 0.3 is 0 Å². The fraction of sp³-hybridized carbons (Fsp3) is 0.250. The number of nitrogens with zero attached hydrogens (tertiary/aromatic N) is 1. The van der Waals surface area contributed by atoms with Gasteiger partial charge in [-0.05, 0) is 30.3 Å². The summed E-state index contributed by atoms with van der Waals surface area (Å²) in [5.41, 5.74) is 1.07. The summed E-state index contributed by atoms with van der Waals surface area (Å²) in [4.78, 5) is 25.6. The number of hydrogen-bond acceptors (Lipinski definition) is 4. The smallest absolute Gasteiger partial charge is 0.251 e. The van der Waals surface area contributed by atoms with Crippen LogP contribution in [0.2, 0.25) is 0 Å². The maximum Gasteiger partial charge on any atom is 0.251 e. The lowest BCUT2D eigenvalue weighted by Crippen LogP contribution is -2.26. The highest BCUT2D eigenvalue weighted by Gasteiger charge is 2.21. The lowest BCUT2D eigenvalue weighted by molar-refractivity contribution is -0.118. The van der Waals surface area contributed by atoms with Crippen molar-refractivity contribution < 1.29 is 18.7 Å². The van der Waals surface area contributed by atoms with Crippen LogP contribution in [0.5, 0.6) is 5.75 Å². The average molecular weight is 300 g/mol. The van der Waals surface area contributed by atoms with E-state index in [1.54, 1.807) is 43.6 Å². The third kappa shape index (κ3) is 2.81. The van der Waals surface area contributed by atoms with Gasteiger partial charge in [0.05, 0.1) is 31.5 Å². The Labute approximate surface area is 127 Å². The van der Waals surface area contributed by atoms with Crippen molar-refractivity contribution in [3.8, 4) is 5.75 Å². The first-order valence-corrected chi connectivity index (χ1v) is 6.99. The van der Waals surface area contributed by atoms with Crippen molar-refractivity contribution in [3.63, 3.8) is 0 Å².